The molecular formula is C22H28N2O. The highest BCUT2D eigenvalue weighted by atomic mass is 16.2. The number of likely N-dealkylation sites (N-methyl/N-ethyl adjacent to an activating group) is 1. The fourth-order valence-electron chi connectivity index (χ4n) is 3.61. The maximum atomic E-state index is 13.5. The summed E-state index contributed by atoms with van der Waals surface area (Å²) >= 11 is 0. The fraction of sp³-hybridized carbons (Fsp3) is 0.409. The van der Waals surface area contributed by atoms with E-state index in [1.165, 1.54) is 6.42 Å². The standard InChI is InChI=1S/C22H28N2O/c1-2-23-15-9-10-16-24(18-17-23)22(25)21(19-11-5-3-6-12-19)20-13-7-4-8-14-20/h3-8,11-14,21H,2,9-10,15-18H2,1H3. The van der Waals surface area contributed by atoms with Crippen LogP contribution in [0, 0.1) is 0 Å². The van der Waals surface area contributed by atoms with Gasteiger partial charge < -0.3 is 9.80 Å². The summed E-state index contributed by atoms with van der Waals surface area (Å²) in [6.45, 7) is 7.07. The van der Waals surface area contributed by atoms with Crippen molar-refractivity contribution in [3.63, 3.8) is 0 Å². The fourth-order valence-corrected chi connectivity index (χ4v) is 3.61. The lowest BCUT2D eigenvalue weighted by Crippen LogP contribution is -2.43. The van der Waals surface area contributed by atoms with Gasteiger partial charge in [-0.15, -0.1) is 0 Å². The van der Waals surface area contributed by atoms with Gasteiger partial charge in [-0.05, 0) is 37.1 Å². The second-order valence-electron chi connectivity index (χ2n) is 6.72. The van der Waals surface area contributed by atoms with E-state index in [1.54, 1.807) is 0 Å². The van der Waals surface area contributed by atoms with Crippen LogP contribution in [0.15, 0.2) is 60.7 Å². The van der Waals surface area contributed by atoms with Crippen molar-refractivity contribution in [1.82, 2.24) is 9.80 Å². The zero-order valence-electron chi connectivity index (χ0n) is 15.1. The van der Waals surface area contributed by atoms with Gasteiger partial charge in [0.1, 0.15) is 0 Å². The molecule has 3 rings (SSSR count). The Kier molecular flexibility index (Phi) is 6.24. The second kappa shape index (κ2) is 8.82. The first kappa shape index (κ1) is 17.7. The van der Waals surface area contributed by atoms with Gasteiger partial charge in [0.15, 0.2) is 0 Å². The highest BCUT2D eigenvalue weighted by molar-refractivity contribution is 5.87. The van der Waals surface area contributed by atoms with Crippen LogP contribution in [0.3, 0.4) is 0 Å². The van der Waals surface area contributed by atoms with Gasteiger partial charge in [-0.2, -0.15) is 0 Å². The van der Waals surface area contributed by atoms with Gasteiger partial charge in [-0.3, -0.25) is 4.79 Å². The summed E-state index contributed by atoms with van der Waals surface area (Å²) in [6.07, 6.45) is 2.25. The molecule has 0 N–H and O–H groups in total. The number of amides is 1. The van der Waals surface area contributed by atoms with Crippen LogP contribution < -0.4 is 0 Å². The first-order valence-corrected chi connectivity index (χ1v) is 9.40. The Hall–Kier alpha value is -2.13. The van der Waals surface area contributed by atoms with Crippen molar-refractivity contribution in [2.75, 3.05) is 32.7 Å². The van der Waals surface area contributed by atoms with Crippen molar-refractivity contribution in [2.24, 2.45) is 0 Å². The SMILES string of the molecule is CCN1CCCCN(C(=O)C(c2ccccc2)c2ccccc2)CC1. The van der Waals surface area contributed by atoms with Gasteiger partial charge in [0.25, 0.3) is 0 Å². The normalized spacial score (nSPS) is 16.5. The van der Waals surface area contributed by atoms with Crippen LogP contribution in [0.2, 0.25) is 0 Å². The third-order valence-corrected chi connectivity index (χ3v) is 5.11. The lowest BCUT2D eigenvalue weighted by Gasteiger charge is -2.33. The maximum Gasteiger partial charge on any atom is 0.234 e. The van der Waals surface area contributed by atoms with Crippen molar-refractivity contribution in [3.8, 4) is 0 Å². The van der Waals surface area contributed by atoms with E-state index in [-0.39, 0.29) is 11.8 Å². The average Bonchev–Trinajstić information content (AvgIpc) is 2.64. The van der Waals surface area contributed by atoms with Crippen LogP contribution in [-0.4, -0.2) is 48.4 Å². The molecule has 3 nitrogen and oxygen atoms in total. The van der Waals surface area contributed by atoms with Crippen molar-refractivity contribution in [3.05, 3.63) is 71.8 Å². The van der Waals surface area contributed by atoms with Gasteiger partial charge in [0.2, 0.25) is 5.91 Å². The molecule has 0 spiro atoms. The molecule has 2 aromatic rings. The minimum Gasteiger partial charge on any atom is -0.341 e. The lowest BCUT2D eigenvalue weighted by atomic mass is 9.90. The predicted octanol–water partition coefficient (Wildman–Crippen LogP) is 3.76. The van der Waals surface area contributed by atoms with E-state index in [4.69, 9.17) is 0 Å². The molecule has 1 aliphatic rings. The smallest absolute Gasteiger partial charge is 0.234 e. The van der Waals surface area contributed by atoms with Crippen LogP contribution in [0.4, 0.5) is 0 Å². The quantitative estimate of drug-likeness (QED) is 0.849. The molecule has 0 radical (unpaired) electrons. The average molecular weight is 336 g/mol. The Morgan fingerprint density at radius 2 is 1.40 bits per heavy atom. The number of benzene rings is 2. The Morgan fingerprint density at radius 1 is 0.840 bits per heavy atom. The van der Waals surface area contributed by atoms with Crippen LogP contribution >= 0.6 is 0 Å². The number of carbonyl (C=O) groups excluding carboxylic acids is 1. The lowest BCUT2D eigenvalue weighted by molar-refractivity contribution is -0.132. The van der Waals surface area contributed by atoms with Gasteiger partial charge >= 0.3 is 0 Å². The molecule has 132 valence electrons. The molecule has 0 atom stereocenters. The monoisotopic (exact) mass is 336 g/mol. The summed E-state index contributed by atoms with van der Waals surface area (Å²) in [4.78, 5) is 18.0. The van der Waals surface area contributed by atoms with Gasteiger partial charge in [-0.25, -0.2) is 0 Å². The summed E-state index contributed by atoms with van der Waals surface area (Å²) in [7, 11) is 0. The Balaban J connectivity index is 1.86. The molecule has 0 unspecified atom stereocenters. The van der Waals surface area contributed by atoms with Gasteiger partial charge in [0, 0.05) is 19.6 Å². The van der Waals surface area contributed by atoms with Crippen LogP contribution in [0.1, 0.15) is 36.8 Å². The first-order chi connectivity index (χ1) is 12.3. The van der Waals surface area contributed by atoms with Crippen LogP contribution in [-0.2, 0) is 4.79 Å². The van der Waals surface area contributed by atoms with E-state index in [0.29, 0.717) is 0 Å². The summed E-state index contributed by atoms with van der Waals surface area (Å²) in [6, 6.07) is 20.4. The van der Waals surface area contributed by atoms with Gasteiger partial charge in [0.05, 0.1) is 5.92 Å². The largest absolute Gasteiger partial charge is 0.341 e. The van der Waals surface area contributed by atoms with E-state index >= 15 is 0 Å². The molecule has 2 aromatic carbocycles. The maximum absolute atomic E-state index is 13.5. The topological polar surface area (TPSA) is 23.6 Å². The van der Waals surface area contributed by atoms with Crippen molar-refractivity contribution in [1.29, 1.82) is 0 Å². The number of rotatable bonds is 4. The second-order valence-corrected chi connectivity index (χ2v) is 6.72. The molecular weight excluding hydrogens is 308 g/mol. The Bertz CT molecular complexity index is 617. The highest BCUT2D eigenvalue weighted by Crippen LogP contribution is 2.27. The Morgan fingerprint density at radius 3 is 1.96 bits per heavy atom. The number of carbonyl (C=O) groups is 1. The molecule has 25 heavy (non-hydrogen) atoms. The van der Waals surface area contributed by atoms with E-state index in [0.717, 1.165) is 50.3 Å². The molecule has 1 heterocycles. The van der Waals surface area contributed by atoms with Gasteiger partial charge in [-0.1, -0.05) is 67.6 Å². The third-order valence-electron chi connectivity index (χ3n) is 5.11. The minimum atomic E-state index is -0.211. The van der Waals surface area contributed by atoms with E-state index < -0.39 is 0 Å². The molecule has 0 bridgehead atoms. The highest BCUT2D eigenvalue weighted by Gasteiger charge is 2.28. The summed E-state index contributed by atoms with van der Waals surface area (Å²) in [5, 5.41) is 0. The van der Waals surface area contributed by atoms with E-state index in [9.17, 15) is 4.79 Å². The first-order valence-electron chi connectivity index (χ1n) is 9.40. The van der Waals surface area contributed by atoms with Crippen molar-refractivity contribution in [2.45, 2.75) is 25.7 Å². The molecule has 1 aliphatic heterocycles. The molecule has 1 saturated heterocycles. The predicted molar refractivity (Wildman–Crippen MR) is 103 cm³/mol. The summed E-state index contributed by atoms with van der Waals surface area (Å²) in [5.41, 5.74) is 2.15. The van der Waals surface area contributed by atoms with Crippen LogP contribution in [0.5, 0.6) is 0 Å². The number of nitrogens with zero attached hydrogens (tertiary/aromatic N) is 2. The number of hydrogen-bond donors (Lipinski definition) is 0. The van der Waals surface area contributed by atoms with Crippen LogP contribution in [0.25, 0.3) is 0 Å². The molecule has 1 fully saturated rings. The summed E-state index contributed by atoms with van der Waals surface area (Å²) in [5.74, 6) is 0.0206. The zero-order chi connectivity index (χ0) is 17.5. The summed E-state index contributed by atoms with van der Waals surface area (Å²) < 4.78 is 0. The minimum absolute atomic E-state index is 0.211. The molecule has 0 aromatic heterocycles. The Labute approximate surface area is 151 Å². The molecule has 1 amide bonds. The van der Waals surface area contributed by atoms with Crippen molar-refractivity contribution < 1.29 is 4.79 Å². The van der Waals surface area contributed by atoms with E-state index in [2.05, 4.69) is 41.0 Å². The molecule has 0 saturated carbocycles. The number of hydrogen-bond acceptors (Lipinski definition) is 2. The molecule has 0 aliphatic carbocycles. The van der Waals surface area contributed by atoms with Crippen molar-refractivity contribution >= 4 is 5.91 Å². The molecule has 3 heteroatoms. The van der Waals surface area contributed by atoms with E-state index in [1.807, 2.05) is 36.4 Å². The zero-order valence-corrected chi connectivity index (χ0v) is 15.1. The third kappa shape index (κ3) is 4.49.